The summed E-state index contributed by atoms with van der Waals surface area (Å²) < 4.78 is 0. The fourth-order valence-electron chi connectivity index (χ4n) is 2.28. The second-order valence-corrected chi connectivity index (χ2v) is 4.56. The summed E-state index contributed by atoms with van der Waals surface area (Å²) in [5.74, 6) is -0.207. The third-order valence-electron chi connectivity index (χ3n) is 3.46. The van der Waals surface area contributed by atoms with Gasteiger partial charge in [-0.25, -0.2) is 0 Å². The van der Waals surface area contributed by atoms with E-state index in [4.69, 9.17) is 0 Å². The van der Waals surface area contributed by atoms with Gasteiger partial charge in [0.05, 0.1) is 11.3 Å². The summed E-state index contributed by atoms with van der Waals surface area (Å²) in [5.41, 5.74) is 2.30. The van der Waals surface area contributed by atoms with Crippen LogP contribution in [0.2, 0.25) is 0 Å². The van der Waals surface area contributed by atoms with E-state index in [1.54, 1.807) is 7.05 Å². The lowest BCUT2D eigenvalue weighted by Crippen LogP contribution is -2.42. The van der Waals surface area contributed by atoms with Crippen LogP contribution in [-0.2, 0) is 11.2 Å². The Morgan fingerprint density at radius 2 is 2.00 bits per heavy atom. The van der Waals surface area contributed by atoms with E-state index in [9.17, 15) is 9.59 Å². The van der Waals surface area contributed by atoms with Gasteiger partial charge in [0.25, 0.3) is 5.91 Å². The molecular formula is C14H18N2O2. The number of fused-ring (bicyclic) bond motifs is 1. The van der Waals surface area contributed by atoms with Gasteiger partial charge in [-0.3, -0.25) is 9.59 Å². The molecule has 0 fully saturated rings. The number of nitrogens with one attached hydrogen (secondary N) is 1. The Morgan fingerprint density at radius 1 is 1.28 bits per heavy atom. The molecule has 1 heterocycles. The van der Waals surface area contributed by atoms with E-state index in [2.05, 4.69) is 5.32 Å². The van der Waals surface area contributed by atoms with Crippen LogP contribution < -0.4 is 5.32 Å². The number of benzene rings is 1. The summed E-state index contributed by atoms with van der Waals surface area (Å²) in [6, 6.07) is 5.23. The van der Waals surface area contributed by atoms with Crippen molar-refractivity contribution in [1.82, 2.24) is 4.90 Å². The molecule has 1 aliphatic rings. The molecule has 1 aliphatic heterocycles. The number of anilines is 1. The number of nitrogens with zero attached hydrogens (tertiary/aromatic N) is 1. The molecule has 96 valence electrons. The lowest BCUT2D eigenvalue weighted by molar-refractivity contribution is -0.120. The SMILES string of the molecule is CCc1ccc2c(c1)C(=O)N(C)C(CC)C(=O)N2. The maximum absolute atomic E-state index is 12.4. The van der Waals surface area contributed by atoms with E-state index in [0.29, 0.717) is 17.7 Å². The fourth-order valence-corrected chi connectivity index (χ4v) is 2.28. The van der Waals surface area contributed by atoms with Crippen LogP contribution in [0.4, 0.5) is 5.69 Å². The van der Waals surface area contributed by atoms with Crippen LogP contribution >= 0.6 is 0 Å². The normalized spacial score (nSPS) is 19.3. The average Bonchev–Trinajstić information content (AvgIpc) is 2.46. The monoisotopic (exact) mass is 246 g/mol. The first-order chi connectivity index (χ1) is 8.58. The van der Waals surface area contributed by atoms with E-state index in [1.165, 1.54) is 4.90 Å². The molecule has 0 saturated carbocycles. The fraction of sp³-hybridized carbons (Fsp3) is 0.429. The predicted molar refractivity (Wildman–Crippen MR) is 70.6 cm³/mol. The third kappa shape index (κ3) is 1.98. The maximum Gasteiger partial charge on any atom is 0.256 e. The Balaban J connectivity index is 2.50. The molecule has 1 aromatic carbocycles. The van der Waals surface area contributed by atoms with E-state index >= 15 is 0 Å². The van der Waals surface area contributed by atoms with Crippen LogP contribution in [0.5, 0.6) is 0 Å². The van der Waals surface area contributed by atoms with Gasteiger partial charge in [-0.2, -0.15) is 0 Å². The number of amides is 2. The van der Waals surface area contributed by atoms with Gasteiger partial charge in [0, 0.05) is 7.05 Å². The molecule has 0 radical (unpaired) electrons. The van der Waals surface area contributed by atoms with E-state index in [0.717, 1.165) is 12.0 Å². The smallest absolute Gasteiger partial charge is 0.256 e. The van der Waals surface area contributed by atoms with Crippen molar-refractivity contribution in [2.24, 2.45) is 0 Å². The average molecular weight is 246 g/mol. The summed E-state index contributed by atoms with van der Waals surface area (Å²) in [4.78, 5) is 25.9. The molecule has 1 N–H and O–H groups in total. The molecule has 0 aromatic heterocycles. The highest BCUT2D eigenvalue weighted by atomic mass is 16.2. The quantitative estimate of drug-likeness (QED) is 0.868. The summed E-state index contributed by atoms with van der Waals surface area (Å²) in [5, 5.41) is 2.83. The molecular weight excluding hydrogens is 228 g/mol. The first-order valence-electron chi connectivity index (χ1n) is 6.29. The van der Waals surface area contributed by atoms with Crippen LogP contribution in [-0.4, -0.2) is 29.8 Å². The summed E-state index contributed by atoms with van der Waals surface area (Å²) in [7, 11) is 1.68. The van der Waals surface area contributed by atoms with Crippen molar-refractivity contribution in [3.05, 3.63) is 29.3 Å². The Morgan fingerprint density at radius 3 is 2.61 bits per heavy atom. The van der Waals surface area contributed by atoms with E-state index < -0.39 is 6.04 Å². The Hall–Kier alpha value is -1.84. The van der Waals surface area contributed by atoms with Gasteiger partial charge in [-0.05, 0) is 30.5 Å². The van der Waals surface area contributed by atoms with E-state index in [1.807, 2.05) is 32.0 Å². The van der Waals surface area contributed by atoms with Gasteiger partial charge in [0.2, 0.25) is 5.91 Å². The van der Waals surface area contributed by atoms with Crippen LogP contribution in [0.1, 0.15) is 36.2 Å². The molecule has 4 nitrogen and oxygen atoms in total. The topological polar surface area (TPSA) is 49.4 Å². The molecule has 4 heteroatoms. The lowest BCUT2D eigenvalue weighted by atomic mass is 10.1. The number of hydrogen-bond acceptors (Lipinski definition) is 2. The molecule has 1 aromatic rings. The first kappa shape index (κ1) is 12.6. The van der Waals surface area contributed by atoms with Crippen molar-refractivity contribution in [1.29, 1.82) is 0 Å². The van der Waals surface area contributed by atoms with Crippen LogP contribution in [0, 0.1) is 0 Å². The highest BCUT2D eigenvalue weighted by Gasteiger charge is 2.31. The van der Waals surface area contributed by atoms with Gasteiger partial charge >= 0.3 is 0 Å². The minimum absolute atomic E-state index is 0.0921. The minimum atomic E-state index is -0.394. The highest BCUT2D eigenvalue weighted by Crippen LogP contribution is 2.24. The van der Waals surface area contributed by atoms with Crippen LogP contribution in [0.15, 0.2) is 18.2 Å². The Bertz CT molecular complexity index is 497. The largest absolute Gasteiger partial charge is 0.330 e. The zero-order chi connectivity index (χ0) is 13.3. The number of hydrogen-bond donors (Lipinski definition) is 1. The molecule has 1 atom stereocenters. The molecule has 2 amide bonds. The standard InChI is InChI=1S/C14H18N2O2/c1-4-9-6-7-11-10(8-9)14(18)16(3)12(5-2)13(17)15-11/h6-8,12H,4-5H2,1-3H3,(H,15,17). The molecule has 1 unspecified atom stereocenters. The zero-order valence-corrected chi connectivity index (χ0v) is 11.0. The number of likely N-dealkylation sites (N-methyl/N-ethyl adjacent to an activating group) is 1. The Labute approximate surface area is 107 Å². The Kier molecular flexibility index (Phi) is 3.36. The summed E-state index contributed by atoms with van der Waals surface area (Å²) in [6.07, 6.45) is 1.48. The molecule has 0 saturated heterocycles. The number of carbonyl (C=O) groups excluding carboxylic acids is 2. The van der Waals surface area contributed by atoms with Crippen molar-refractivity contribution < 1.29 is 9.59 Å². The van der Waals surface area contributed by atoms with Gasteiger partial charge < -0.3 is 10.2 Å². The molecule has 0 spiro atoms. The highest BCUT2D eigenvalue weighted by molar-refractivity contribution is 6.09. The van der Waals surface area contributed by atoms with E-state index in [-0.39, 0.29) is 11.8 Å². The van der Waals surface area contributed by atoms with Crippen molar-refractivity contribution in [3.8, 4) is 0 Å². The lowest BCUT2D eigenvalue weighted by Gasteiger charge is -2.22. The van der Waals surface area contributed by atoms with Gasteiger partial charge in [-0.1, -0.05) is 19.9 Å². The van der Waals surface area contributed by atoms with Crippen molar-refractivity contribution in [2.75, 3.05) is 12.4 Å². The predicted octanol–water partition coefficient (Wildman–Crippen LogP) is 2.05. The van der Waals surface area contributed by atoms with Crippen molar-refractivity contribution >= 4 is 17.5 Å². The van der Waals surface area contributed by atoms with Gasteiger partial charge in [0.1, 0.15) is 6.04 Å². The molecule has 0 aliphatic carbocycles. The number of aryl methyl sites for hydroxylation is 1. The molecule has 0 bridgehead atoms. The van der Waals surface area contributed by atoms with Gasteiger partial charge in [0.15, 0.2) is 0 Å². The second kappa shape index (κ2) is 4.80. The van der Waals surface area contributed by atoms with Crippen molar-refractivity contribution in [2.45, 2.75) is 32.7 Å². The first-order valence-corrected chi connectivity index (χ1v) is 6.29. The van der Waals surface area contributed by atoms with Crippen molar-refractivity contribution in [3.63, 3.8) is 0 Å². The number of rotatable bonds is 2. The summed E-state index contributed by atoms with van der Waals surface area (Å²) in [6.45, 7) is 3.95. The van der Waals surface area contributed by atoms with Gasteiger partial charge in [-0.15, -0.1) is 0 Å². The van der Waals surface area contributed by atoms with Crippen LogP contribution in [0.3, 0.4) is 0 Å². The molecule has 2 rings (SSSR count). The maximum atomic E-state index is 12.4. The third-order valence-corrected chi connectivity index (χ3v) is 3.46. The van der Waals surface area contributed by atoms with Crippen LogP contribution in [0.25, 0.3) is 0 Å². The second-order valence-electron chi connectivity index (χ2n) is 4.56. The summed E-state index contributed by atoms with van der Waals surface area (Å²) >= 11 is 0. The zero-order valence-electron chi connectivity index (χ0n) is 11.0. The number of carbonyl (C=O) groups is 2. The minimum Gasteiger partial charge on any atom is -0.330 e. The molecule has 18 heavy (non-hydrogen) atoms.